The molecule has 0 unspecified atom stereocenters. The summed E-state index contributed by atoms with van der Waals surface area (Å²) >= 11 is 0. The van der Waals surface area contributed by atoms with Crippen LogP contribution in [0, 0.1) is 0 Å². The van der Waals surface area contributed by atoms with Crippen molar-refractivity contribution in [2.24, 2.45) is 16.5 Å². The normalized spacial score (nSPS) is 10.4. The van der Waals surface area contributed by atoms with Crippen molar-refractivity contribution in [3.05, 3.63) is 36.0 Å². The molecule has 0 radical (unpaired) electrons. The summed E-state index contributed by atoms with van der Waals surface area (Å²) in [6.45, 7) is 1.49. The number of hydrogen-bond acceptors (Lipinski definition) is 5. The molecule has 1 amide bonds. The van der Waals surface area contributed by atoms with Crippen molar-refractivity contribution < 1.29 is 14.7 Å². The van der Waals surface area contributed by atoms with E-state index in [2.05, 4.69) is 20.6 Å². The third kappa shape index (κ3) is 6.42. The number of carboxylic acid groups (broad SMARTS) is 1. The maximum Gasteiger partial charge on any atom is 0.303 e. The van der Waals surface area contributed by atoms with Crippen LogP contribution in [0.5, 0.6) is 0 Å². The van der Waals surface area contributed by atoms with Crippen LogP contribution in [0.2, 0.25) is 0 Å². The minimum atomic E-state index is -0.885. The lowest BCUT2D eigenvalue weighted by atomic mass is 10.1. The number of carboxylic acids is 1. The molecule has 0 aliphatic carbocycles. The number of carbonyl (C=O) groups excluding carboxylic acids is 1. The molecule has 7 N–H and O–H groups in total. The number of rotatable bonds is 11. The Morgan fingerprint density at radius 3 is 2.64 bits per heavy atom. The molecule has 1 heterocycles. The van der Waals surface area contributed by atoms with Crippen molar-refractivity contribution in [2.45, 2.75) is 25.7 Å². The summed E-state index contributed by atoms with van der Waals surface area (Å²) in [6, 6.07) is 7.57. The Morgan fingerprint density at radius 2 is 1.89 bits per heavy atom. The molecule has 28 heavy (non-hydrogen) atoms. The Bertz CT molecular complexity index is 849. The van der Waals surface area contributed by atoms with Crippen LogP contribution in [0.1, 0.15) is 36.0 Å². The van der Waals surface area contributed by atoms with Crippen molar-refractivity contribution >= 4 is 34.4 Å². The van der Waals surface area contributed by atoms with E-state index in [4.69, 9.17) is 16.6 Å². The minimum Gasteiger partial charge on any atom is -0.481 e. The van der Waals surface area contributed by atoms with Gasteiger partial charge in [-0.15, -0.1) is 0 Å². The molecule has 1 aromatic carbocycles. The molecule has 0 aliphatic heterocycles. The summed E-state index contributed by atoms with van der Waals surface area (Å²) in [6.07, 6.45) is 3.56. The predicted octanol–water partition coefficient (Wildman–Crippen LogP) is 1.29. The lowest BCUT2D eigenvalue weighted by Gasteiger charge is -2.14. The first kappa shape index (κ1) is 20.9. The van der Waals surface area contributed by atoms with Gasteiger partial charge in [0.15, 0.2) is 5.96 Å². The van der Waals surface area contributed by atoms with E-state index in [1.165, 1.54) is 6.20 Å². The van der Waals surface area contributed by atoms with Gasteiger partial charge in [-0.2, -0.15) is 0 Å². The standard InChI is InChI=1S/C19H26N6O3/c20-19(21)24-10-4-3-9-22-17-13-6-1-2-7-15(13)25-12-14(17)18(28)23-11-5-8-16(26)27/h1-2,6-7,12H,3-5,8-11H2,(H,22,25)(H,23,28)(H,26,27)(H4,20,21,24). The fourth-order valence-electron chi connectivity index (χ4n) is 2.70. The number of unbranched alkanes of at least 4 members (excludes halogenated alkanes) is 1. The molecule has 0 saturated carbocycles. The SMILES string of the molecule is NC(N)=NCCCCNc1c(C(=O)NCCCC(=O)O)cnc2ccccc12. The number of guanidine groups is 1. The third-order valence-electron chi connectivity index (χ3n) is 4.05. The molecule has 2 aromatic rings. The molecule has 0 atom stereocenters. The van der Waals surface area contributed by atoms with E-state index >= 15 is 0 Å². The summed E-state index contributed by atoms with van der Waals surface area (Å²) in [4.78, 5) is 31.5. The van der Waals surface area contributed by atoms with Gasteiger partial charge in [0, 0.05) is 37.6 Å². The van der Waals surface area contributed by atoms with E-state index in [-0.39, 0.29) is 24.8 Å². The van der Waals surface area contributed by atoms with E-state index in [1.807, 2.05) is 24.3 Å². The highest BCUT2D eigenvalue weighted by Gasteiger charge is 2.15. The van der Waals surface area contributed by atoms with E-state index in [9.17, 15) is 9.59 Å². The molecule has 0 saturated heterocycles. The molecule has 9 heteroatoms. The van der Waals surface area contributed by atoms with Gasteiger partial charge >= 0.3 is 5.97 Å². The average Bonchev–Trinajstić information content (AvgIpc) is 2.67. The Balaban J connectivity index is 2.07. The molecule has 150 valence electrons. The van der Waals surface area contributed by atoms with Crippen LogP contribution in [-0.2, 0) is 4.79 Å². The van der Waals surface area contributed by atoms with Gasteiger partial charge in [-0.1, -0.05) is 18.2 Å². The van der Waals surface area contributed by atoms with Gasteiger partial charge in [-0.25, -0.2) is 0 Å². The zero-order chi connectivity index (χ0) is 20.4. The fraction of sp³-hybridized carbons (Fsp3) is 0.368. The second-order valence-corrected chi connectivity index (χ2v) is 6.26. The van der Waals surface area contributed by atoms with Gasteiger partial charge < -0.3 is 27.2 Å². The maximum atomic E-state index is 12.6. The number of nitrogens with zero attached hydrogens (tertiary/aromatic N) is 2. The van der Waals surface area contributed by atoms with E-state index in [0.29, 0.717) is 30.8 Å². The van der Waals surface area contributed by atoms with Gasteiger partial charge in [0.25, 0.3) is 5.91 Å². The summed E-state index contributed by atoms with van der Waals surface area (Å²) in [5.74, 6) is -1.09. The van der Waals surface area contributed by atoms with Crippen LogP contribution in [-0.4, -0.2) is 47.6 Å². The first-order valence-electron chi connectivity index (χ1n) is 9.16. The van der Waals surface area contributed by atoms with E-state index in [1.54, 1.807) is 0 Å². The fourth-order valence-corrected chi connectivity index (χ4v) is 2.70. The molecular weight excluding hydrogens is 360 g/mol. The quantitative estimate of drug-likeness (QED) is 0.221. The second-order valence-electron chi connectivity index (χ2n) is 6.26. The summed E-state index contributed by atoms with van der Waals surface area (Å²) in [5.41, 5.74) is 12.5. The number of carbonyl (C=O) groups is 2. The lowest BCUT2D eigenvalue weighted by Crippen LogP contribution is -2.26. The van der Waals surface area contributed by atoms with Gasteiger partial charge in [0.1, 0.15) is 0 Å². The smallest absolute Gasteiger partial charge is 0.303 e. The number of aliphatic carboxylic acids is 1. The van der Waals surface area contributed by atoms with Gasteiger partial charge in [0.05, 0.1) is 16.8 Å². The molecule has 9 nitrogen and oxygen atoms in total. The van der Waals surface area contributed by atoms with Crippen LogP contribution in [0.3, 0.4) is 0 Å². The number of anilines is 1. The van der Waals surface area contributed by atoms with Crippen molar-refractivity contribution in [3.63, 3.8) is 0 Å². The van der Waals surface area contributed by atoms with E-state index < -0.39 is 5.97 Å². The first-order chi connectivity index (χ1) is 13.5. The molecule has 2 rings (SSSR count). The minimum absolute atomic E-state index is 0.0111. The molecule has 0 aliphatic rings. The number of hydrogen-bond donors (Lipinski definition) is 5. The third-order valence-corrected chi connectivity index (χ3v) is 4.05. The number of pyridine rings is 1. The van der Waals surface area contributed by atoms with Gasteiger partial charge in [0.2, 0.25) is 0 Å². The second kappa shape index (κ2) is 10.7. The highest BCUT2D eigenvalue weighted by atomic mass is 16.4. The maximum absolute atomic E-state index is 12.6. The molecule has 0 spiro atoms. The molecule has 0 fully saturated rings. The Labute approximate surface area is 163 Å². The number of aliphatic imine (C=N–C) groups is 1. The molecule has 0 bridgehead atoms. The van der Waals surface area contributed by atoms with Crippen molar-refractivity contribution in [1.82, 2.24) is 10.3 Å². The summed E-state index contributed by atoms with van der Waals surface area (Å²) in [7, 11) is 0. The van der Waals surface area contributed by atoms with Crippen LogP contribution >= 0.6 is 0 Å². The number of para-hydroxylation sites is 1. The van der Waals surface area contributed by atoms with Crippen LogP contribution in [0.25, 0.3) is 10.9 Å². The predicted molar refractivity (Wildman–Crippen MR) is 109 cm³/mol. The zero-order valence-electron chi connectivity index (χ0n) is 15.6. The first-order valence-corrected chi connectivity index (χ1v) is 9.16. The largest absolute Gasteiger partial charge is 0.481 e. The molecular formula is C19H26N6O3. The average molecular weight is 386 g/mol. The topological polar surface area (TPSA) is 156 Å². The number of nitrogens with two attached hydrogens (primary N) is 2. The highest BCUT2D eigenvalue weighted by Crippen LogP contribution is 2.26. The van der Waals surface area contributed by atoms with Gasteiger partial charge in [-0.3, -0.25) is 19.6 Å². The Hall–Kier alpha value is -3.36. The van der Waals surface area contributed by atoms with Gasteiger partial charge in [-0.05, 0) is 25.3 Å². The number of fused-ring (bicyclic) bond motifs is 1. The Morgan fingerprint density at radius 1 is 1.11 bits per heavy atom. The van der Waals surface area contributed by atoms with Crippen LogP contribution < -0.4 is 22.1 Å². The molecule has 1 aromatic heterocycles. The van der Waals surface area contributed by atoms with Crippen molar-refractivity contribution in [2.75, 3.05) is 25.0 Å². The summed E-state index contributed by atoms with van der Waals surface area (Å²) < 4.78 is 0. The van der Waals surface area contributed by atoms with Crippen molar-refractivity contribution in [1.29, 1.82) is 0 Å². The lowest BCUT2D eigenvalue weighted by molar-refractivity contribution is -0.137. The number of benzene rings is 1. The number of amides is 1. The Kier molecular flexibility index (Phi) is 8.01. The summed E-state index contributed by atoms with van der Waals surface area (Å²) in [5, 5.41) is 15.6. The number of nitrogens with one attached hydrogen (secondary N) is 2. The zero-order valence-corrected chi connectivity index (χ0v) is 15.6. The monoisotopic (exact) mass is 386 g/mol. The van der Waals surface area contributed by atoms with E-state index in [0.717, 1.165) is 23.7 Å². The van der Waals surface area contributed by atoms with Crippen LogP contribution in [0.4, 0.5) is 5.69 Å². The number of aromatic nitrogens is 1. The van der Waals surface area contributed by atoms with Crippen molar-refractivity contribution in [3.8, 4) is 0 Å². The van der Waals surface area contributed by atoms with Crippen LogP contribution in [0.15, 0.2) is 35.5 Å². The highest BCUT2D eigenvalue weighted by molar-refractivity contribution is 6.07.